The molecule has 2 aromatic carbocycles. The van der Waals surface area contributed by atoms with Gasteiger partial charge in [-0.15, -0.1) is 0 Å². The molecule has 0 saturated heterocycles. The summed E-state index contributed by atoms with van der Waals surface area (Å²) in [4.78, 5) is 30.0. The van der Waals surface area contributed by atoms with E-state index in [2.05, 4.69) is 26.2 Å². The molecular formula is C20H17BrN4O2S. The number of halogens is 1. The average molecular weight is 457 g/mol. The second-order valence-electron chi connectivity index (χ2n) is 6.05. The van der Waals surface area contributed by atoms with Gasteiger partial charge >= 0.3 is 0 Å². The van der Waals surface area contributed by atoms with Gasteiger partial charge in [0.15, 0.2) is 5.16 Å². The summed E-state index contributed by atoms with van der Waals surface area (Å²) in [6, 6.07) is 14.1. The number of anilines is 1. The Kier molecular flexibility index (Phi) is 6.17. The molecule has 3 aromatic rings. The summed E-state index contributed by atoms with van der Waals surface area (Å²) in [7, 11) is 0. The first kappa shape index (κ1) is 20.1. The molecule has 0 aliphatic carbocycles. The predicted molar refractivity (Wildman–Crippen MR) is 114 cm³/mol. The standard InChI is InChI=1S/C20H17BrN4O2S/c1-3-25-19(27)16-10-14(21)7-8-17(16)24-20(25)28-12(2)18(26)23-15-6-4-5-13(9-15)11-22/h4-10,12H,3H2,1-2H3,(H,23,26). The number of nitriles is 1. The molecule has 28 heavy (non-hydrogen) atoms. The number of hydrogen-bond acceptors (Lipinski definition) is 5. The second kappa shape index (κ2) is 8.59. The molecule has 0 fully saturated rings. The highest BCUT2D eigenvalue weighted by atomic mass is 79.9. The van der Waals surface area contributed by atoms with Gasteiger partial charge in [0.25, 0.3) is 5.56 Å². The van der Waals surface area contributed by atoms with Gasteiger partial charge in [-0.05, 0) is 50.2 Å². The van der Waals surface area contributed by atoms with Crippen LogP contribution in [0.4, 0.5) is 5.69 Å². The molecule has 0 aliphatic heterocycles. The third kappa shape index (κ3) is 4.26. The quantitative estimate of drug-likeness (QED) is 0.459. The highest BCUT2D eigenvalue weighted by molar-refractivity contribution is 9.10. The van der Waals surface area contributed by atoms with Crippen LogP contribution < -0.4 is 10.9 Å². The Morgan fingerprint density at radius 1 is 1.36 bits per heavy atom. The molecule has 0 bridgehead atoms. The van der Waals surface area contributed by atoms with E-state index in [1.165, 1.54) is 11.8 Å². The van der Waals surface area contributed by atoms with Gasteiger partial charge < -0.3 is 5.32 Å². The van der Waals surface area contributed by atoms with Crippen LogP contribution in [0.15, 0.2) is 56.9 Å². The molecule has 1 heterocycles. The zero-order valence-corrected chi connectivity index (χ0v) is 17.7. The Hall–Kier alpha value is -2.63. The van der Waals surface area contributed by atoms with Crippen LogP contribution in [0, 0.1) is 11.3 Å². The van der Waals surface area contributed by atoms with Gasteiger partial charge in [0, 0.05) is 16.7 Å². The maximum atomic E-state index is 12.8. The van der Waals surface area contributed by atoms with Gasteiger partial charge in [-0.2, -0.15) is 5.26 Å². The minimum atomic E-state index is -0.483. The minimum absolute atomic E-state index is 0.134. The number of hydrogen-bond donors (Lipinski definition) is 1. The smallest absolute Gasteiger partial charge is 0.262 e. The van der Waals surface area contributed by atoms with Gasteiger partial charge in [-0.1, -0.05) is 33.8 Å². The summed E-state index contributed by atoms with van der Waals surface area (Å²) >= 11 is 4.61. The van der Waals surface area contributed by atoms with Crippen LogP contribution in [0.2, 0.25) is 0 Å². The summed E-state index contributed by atoms with van der Waals surface area (Å²) in [5, 5.41) is 12.3. The van der Waals surface area contributed by atoms with Gasteiger partial charge in [-0.25, -0.2) is 4.98 Å². The van der Waals surface area contributed by atoms with Gasteiger partial charge in [0.2, 0.25) is 5.91 Å². The summed E-state index contributed by atoms with van der Waals surface area (Å²) < 4.78 is 2.38. The molecule has 0 saturated carbocycles. The van der Waals surface area contributed by atoms with E-state index >= 15 is 0 Å². The van der Waals surface area contributed by atoms with Crippen LogP contribution in [0.1, 0.15) is 19.4 Å². The topological polar surface area (TPSA) is 87.8 Å². The van der Waals surface area contributed by atoms with Crippen molar-refractivity contribution in [1.82, 2.24) is 9.55 Å². The van der Waals surface area contributed by atoms with Crippen molar-refractivity contribution >= 4 is 50.2 Å². The van der Waals surface area contributed by atoms with Crippen molar-refractivity contribution in [3.05, 3.63) is 62.9 Å². The molecule has 3 rings (SSSR count). The Labute approximate surface area is 174 Å². The van der Waals surface area contributed by atoms with Crippen LogP contribution >= 0.6 is 27.7 Å². The van der Waals surface area contributed by atoms with Crippen molar-refractivity contribution in [1.29, 1.82) is 5.26 Å². The first-order valence-corrected chi connectivity index (χ1v) is 10.3. The average Bonchev–Trinajstić information content (AvgIpc) is 2.69. The number of fused-ring (bicyclic) bond motifs is 1. The second-order valence-corrected chi connectivity index (χ2v) is 8.27. The Balaban J connectivity index is 1.86. The highest BCUT2D eigenvalue weighted by Gasteiger charge is 2.19. The number of benzene rings is 2. The van der Waals surface area contributed by atoms with Crippen molar-refractivity contribution in [3.8, 4) is 6.07 Å². The third-order valence-corrected chi connectivity index (χ3v) is 5.69. The lowest BCUT2D eigenvalue weighted by Gasteiger charge is -2.15. The summed E-state index contributed by atoms with van der Waals surface area (Å²) in [5.74, 6) is -0.229. The molecule has 142 valence electrons. The summed E-state index contributed by atoms with van der Waals surface area (Å²) in [6.07, 6.45) is 0. The van der Waals surface area contributed by atoms with Gasteiger partial charge in [0.05, 0.1) is 27.8 Å². The number of nitrogens with one attached hydrogen (secondary N) is 1. The van der Waals surface area contributed by atoms with Crippen molar-refractivity contribution in [2.45, 2.75) is 30.8 Å². The lowest BCUT2D eigenvalue weighted by Crippen LogP contribution is -2.26. The lowest BCUT2D eigenvalue weighted by atomic mass is 10.2. The normalized spacial score (nSPS) is 11.8. The van der Waals surface area contributed by atoms with Crippen molar-refractivity contribution in [3.63, 3.8) is 0 Å². The van der Waals surface area contributed by atoms with Gasteiger partial charge in [-0.3, -0.25) is 14.2 Å². The molecule has 1 amide bonds. The van der Waals surface area contributed by atoms with E-state index in [9.17, 15) is 9.59 Å². The zero-order valence-electron chi connectivity index (χ0n) is 15.3. The van der Waals surface area contributed by atoms with Crippen LogP contribution in [0.3, 0.4) is 0 Å². The predicted octanol–water partition coefficient (Wildman–Crippen LogP) is 4.17. The maximum Gasteiger partial charge on any atom is 0.262 e. The molecule has 1 N–H and O–H groups in total. The molecule has 6 nitrogen and oxygen atoms in total. The van der Waals surface area contributed by atoms with E-state index in [0.717, 1.165) is 4.47 Å². The van der Waals surface area contributed by atoms with Crippen LogP contribution in [0.5, 0.6) is 0 Å². The molecule has 8 heteroatoms. The third-order valence-electron chi connectivity index (χ3n) is 4.11. The Bertz CT molecular complexity index is 1150. The molecule has 0 aliphatic rings. The molecule has 1 unspecified atom stereocenters. The Morgan fingerprint density at radius 3 is 2.86 bits per heavy atom. The minimum Gasteiger partial charge on any atom is -0.325 e. The van der Waals surface area contributed by atoms with Crippen molar-refractivity contribution in [2.24, 2.45) is 0 Å². The van der Waals surface area contributed by atoms with E-state index in [4.69, 9.17) is 5.26 Å². The van der Waals surface area contributed by atoms with Crippen LogP contribution in [0.25, 0.3) is 10.9 Å². The number of amides is 1. The first-order chi connectivity index (χ1) is 13.4. The van der Waals surface area contributed by atoms with Crippen molar-refractivity contribution in [2.75, 3.05) is 5.32 Å². The van der Waals surface area contributed by atoms with E-state index in [1.54, 1.807) is 47.9 Å². The molecule has 1 aromatic heterocycles. The number of carbonyl (C=O) groups excluding carboxylic acids is 1. The molecular weight excluding hydrogens is 440 g/mol. The number of nitrogens with zero attached hydrogens (tertiary/aromatic N) is 3. The number of rotatable bonds is 5. The van der Waals surface area contributed by atoms with Crippen LogP contribution in [-0.4, -0.2) is 20.7 Å². The first-order valence-electron chi connectivity index (χ1n) is 8.60. The number of thioether (sulfide) groups is 1. The van der Waals surface area contributed by atoms with E-state index < -0.39 is 5.25 Å². The fourth-order valence-electron chi connectivity index (χ4n) is 2.66. The maximum absolute atomic E-state index is 12.8. The lowest BCUT2D eigenvalue weighted by molar-refractivity contribution is -0.115. The summed E-state index contributed by atoms with van der Waals surface area (Å²) in [6.45, 7) is 4.08. The van der Waals surface area contributed by atoms with E-state index in [-0.39, 0.29) is 11.5 Å². The fraction of sp³-hybridized carbons (Fsp3) is 0.200. The van der Waals surface area contributed by atoms with E-state index in [0.29, 0.717) is 33.9 Å². The summed E-state index contributed by atoms with van der Waals surface area (Å²) in [5.41, 5.74) is 1.49. The van der Waals surface area contributed by atoms with E-state index in [1.807, 2.05) is 19.1 Å². The molecule has 0 spiro atoms. The van der Waals surface area contributed by atoms with Gasteiger partial charge in [0.1, 0.15) is 0 Å². The fourth-order valence-corrected chi connectivity index (χ4v) is 4.00. The van der Waals surface area contributed by atoms with Crippen LogP contribution in [-0.2, 0) is 11.3 Å². The molecule has 0 radical (unpaired) electrons. The Morgan fingerprint density at radius 2 is 2.14 bits per heavy atom. The zero-order chi connectivity index (χ0) is 20.3. The number of carbonyl (C=O) groups is 1. The monoisotopic (exact) mass is 456 g/mol. The molecule has 1 atom stereocenters. The van der Waals surface area contributed by atoms with Crippen molar-refractivity contribution < 1.29 is 4.79 Å². The largest absolute Gasteiger partial charge is 0.325 e. The SMILES string of the molecule is CCn1c(SC(C)C(=O)Nc2cccc(C#N)c2)nc2ccc(Br)cc2c1=O. The highest BCUT2D eigenvalue weighted by Crippen LogP contribution is 2.25. The number of aromatic nitrogens is 2.